The van der Waals surface area contributed by atoms with Crippen LogP contribution in [0.25, 0.3) is 0 Å². The number of sulfonamides is 1. The second-order valence-electron chi connectivity index (χ2n) is 6.02. The van der Waals surface area contributed by atoms with Crippen molar-refractivity contribution in [2.75, 3.05) is 5.75 Å². The van der Waals surface area contributed by atoms with E-state index >= 15 is 0 Å². The van der Waals surface area contributed by atoms with Gasteiger partial charge in [-0.1, -0.05) is 51.1 Å². The number of aliphatic carboxylic acids is 1. The molecule has 1 aromatic carbocycles. The summed E-state index contributed by atoms with van der Waals surface area (Å²) in [6, 6.07) is 7.80. The number of hydrogen-bond acceptors (Lipinski definition) is 3. The molecule has 1 rings (SSSR count). The highest BCUT2D eigenvalue weighted by atomic mass is 32.2. The standard InChI is InChI=1S/C14H21NO4S/c1-14(2,3)10-20(18,19)15-12(13(16)17)9-11-7-5-4-6-8-11/h4-8,12,15H,9-10H2,1-3H3,(H,16,17)/t12-/m1/s1. The zero-order valence-electron chi connectivity index (χ0n) is 12.0. The molecule has 0 unspecified atom stereocenters. The van der Waals surface area contributed by atoms with Gasteiger partial charge in [0.2, 0.25) is 10.0 Å². The molecule has 0 spiro atoms. The van der Waals surface area contributed by atoms with Gasteiger partial charge in [-0.15, -0.1) is 0 Å². The first-order chi connectivity index (χ1) is 9.09. The lowest BCUT2D eigenvalue weighted by Crippen LogP contribution is -2.44. The Kier molecular flexibility index (Phi) is 5.30. The van der Waals surface area contributed by atoms with Gasteiger partial charge in [0.25, 0.3) is 0 Å². The highest BCUT2D eigenvalue weighted by Gasteiger charge is 2.28. The molecule has 2 N–H and O–H groups in total. The van der Waals surface area contributed by atoms with Crippen LogP contribution in [0.15, 0.2) is 30.3 Å². The van der Waals surface area contributed by atoms with Crippen LogP contribution in [0.5, 0.6) is 0 Å². The van der Waals surface area contributed by atoms with Crippen molar-refractivity contribution in [3.63, 3.8) is 0 Å². The van der Waals surface area contributed by atoms with E-state index in [1.807, 2.05) is 6.07 Å². The van der Waals surface area contributed by atoms with E-state index in [0.717, 1.165) is 5.56 Å². The first-order valence-corrected chi connectivity index (χ1v) is 8.01. The van der Waals surface area contributed by atoms with Gasteiger partial charge in [-0.2, -0.15) is 0 Å². The molecule has 6 heteroatoms. The molecule has 0 radical (unpaired) electrons. The van der Waals surface area contributed by atoms with Crippen LogP contribution < -0.4 is 4.72 Å². The van der Waals surface area contributed by atoms with Crippen molar-refractivity contribution in [2.24, 2.45) is 5.41 Å². The number of benzene rings is 1. The van der Waals surface area contributed by atoms with E-state index in [1.165, 1.54) is 0 Å². The minimum atomic E-state index is -3.63. The maximum atomic E-state index is 12.0. The van der Waals surface area contributed by atoms with Crippen LogP contribution in [0.4, 0.5) is 0 Å². The van der Waals surface area contributed by atoms with Gasteiger partial charge in [0, 0.05) is 0 Å². The Hall–Kier alpha value is -1.40. The van der Waals surface area contributed by atoms with Crippen molar-refractivity contribution in [3.05, 3.63) is 35.9 Å². The Morgan fingerprint density at radius 1 is 1.25 bits per heavy atom. The molecule has 5 nitrogen and oxygen atoms in total. The third-order valence-electron chi connectivity index (χ3n) is 2.53. The van der Waals surface area contributed by atoms with Gasteiger partial charge in [0.05, 0.1) is 5.75 Å². The van der Waals surface area contributed by atoms with Crippen LogP contribution in [0.1, 0.15) is 26.3 Å². The highest BCUT2D eigenvalue weighted by molar-refractivity contribution is 7.89. The molecule has 0 amide bonds. The molecule has 0 heterocycles. The number of carboxylic acids is 1. The summed E-state index contributed by atoms with van der Waals surface area (Å²) in [4.78, 5) is 11.2. The van der Waals surface area contributed by atoms with E-state index in [0.29, 0.717) is 0 Å². The largest absolute Gasteiger partial charge is 0.480 e. The summed E-state index contributed by atoms with van der Waals surface area (Å²) in [5, 5.41) is 9.17. The van der Waals surface area contributed by atoms with Crippen molar-refractivity contribution in [2.45, 2.75) is 33.2 Å². The molecule has 112 valence electrons. The molecule has 1 atom stereocenters. The summed E-state index contributed by atoms with van der Waals surface area (Å²) in [5.74, 6) is -1.29. The molecule has 0 aliphatic carbocycles. The second-order valence-corrected chi connectivity index (χ2v) is 7.77. The normalized spacial score (nSPS) is 13.9. The summed E-state index contributed by atoms with van der Waals surface area (Å²) in [5.41, 5.74) is 0.347. The first kappa shape index (κ1) is 16.7. The fourth-order valence-electron chi connectivity index (χ4n) is 1.86. The maximum Gasteiger partial charge on any atom is 0.322 e. The van der Waals surface area contributed by atoms with Gasteiger partial charge in [-0.25, -0.2) is 13.1 Å². The van der Waals surface area contributed by atoms with Crippen LogP contribution in [-0.2, 0) is 21.2 Å². The van der Waals surface area contributed by atoms with Crippen molar-refractivity contribution in [1.29, 1.82) is 0 Å². The van der Waals surface area contributed by atoms with Crippen molar-refractivity contribution in [1.82, 2.24) is 4.72 Å². The number of hydrogen-bond donors (Lipinski definition) is 2. The smallest absolute Gasteiger partial charge is 0.322 e. The third-order valence-corrected chi connectivity index (χ3v) is 4.42. The summed E-state index contributed by atoms with van der Waals surface area (Å²) in [6.07, 6.45) is 0.125. The van der Waals surface area contributed by atoms with Gasteiger partial charge in [-0.05, 0) is 17.4 Å². The summed E-state index contributed by atoms with van der Waals surface area (Å²) >= 11 is 0. The molecule has 1 aromatic rings. The van der Waals surface area contributed by atoms with Gasteiger partial charge in [-0.3, -0.25) is 4.79 Å². The van der Waals surface area contributed by atoms with E-state index in [4.69, 9.17) is 5.11 Å². The van der Waals surface area contributed by atoms with E-state index in [-0.39, 0.29) is 12.2 Å². The van der Waals surface area contributed by atoms with Crippen molar-refractivity contribution >= 4 is 16.0 Å². The quantitative estimate of drug-likeness (QED) is 0.836. The fourth-order valence-corrected chi connectivity index (χ4v) is 3.70. The Balaban J connectivity index is 2.81. The lowest BCUT2D eigenvalue weighted by Gasteiger charge is -2.21. The van der Waals surface area contributed by atoms with Crippen LogP contribution in [0.3, 0.4) is 0 Å². The molecule has 0 aliphatic heterocycles. The minimum absolute atomic E-state index is 0.113. The minimum Gasteiger partial charge on any atom is -0.480 e. The maximum absolute atomic E-state index is 12.0. The SMILES string of the molecule is CC(C)(C)CS(=O)(=O)N[C@H](Cc1ccccc1)C(=O)O. The molecular formula is C14H21NO4S. The van der Waals surface area contributed by atoms with Crippen LogP contribution in [-0.4, -0.2) is 31.3 Å². The highest BCUT2D eigenvalue weighted by Crippen LogP contribution is 2.16. The van der Waals surface area contributed by atoms with E-state index in [1.54, 1.807) is 45.0 Å². The zero-order chi connectivity index (χ0) is 15.4. The Bertz CT molecular complexity index is 546. The molecule has 20 heavy (non-hydrogen) atoms. The van der Waals surface area contributed by atoms with Crippen molar-refractivity contribution < 1.29 is 18.3 Å². The van der Waals surface area contributed by atoms with Crippen molar-refractivity contribution in [3.8, 4) is 0 Å². The molecule has 0 saturated heterocycles. The molecule has 0 aromatic heterocycles. The van der Waals surface area contributed by atoms with Crippen LogP contribution >= 0.6 is 0 Å². The van der Waals surface area contributed by atoms with Gasteiger partial charge >= 0.3 is 5.97 Å². The number of carboxylic acid groups (broad SMARTS) is 1. The second kappa shape index (κ2) is 6.37. The van der Waals surface area contributed by atoms with Gasteiger partial charge in [0.1, 0.15) is 6.04 Å². The number of rotatable bonds is 6. The van der Waals surface area contributed by atoms with E-state index < -0.39 is 27.4 Å². The summed E-state index contributed by atoms with van der Waals surface area (Å²) < 4.78 is 26.2. The van der Waals surface area contributed by atoms with Gasteiger partial charge < -0.3 is 5.11 Å². The topological polar surface area (TPSA) is 83.5 Å². The predicted octanol–water partition coefficient (Wildman–Crippen LogP) is 1.65. The Morgan fingerprint density at radius 2 is 1.80 bits per heavy atom. The number of nitrogens with one attached hydrogen (secondary N) is 1. The number of carbonyl (C=O) groups is 1. The molecule has 0 aliphatic rings. The van der Waals surface area contributed by atoms with E-state index in [9.17, 15) is 13.2 Å². The summed E-state index contributed by atoms with van der Waals surface area (Å²) in [7, 11) is -3.63. The average Bonchev–Trinajstić information content (AvgIpc) is 2.25. The first-order valence-electron chi connectivity index (χ1n) is 6.36. The molecule has 0 bridgehead atoms. The van der Waals surface area contributed by atoms with Gasteiger partial charge in [0.15, 0.2) is 0 Å². The monoisotopic (exact) mass is 299 g/mol. The molecular weight excluding hydrogens is 278 g/mol. The summed E-state index contributed by atoms with van der Waals surface area (Å²) in [6.45, 7) is 5.37. The Labute approximate surface area is 120 Å². The van der Waals surface area contributed by atoms with E-state index in [2.05, 4.69) is 4.72 Å². The molecule has 0 fully saturated rings. The lowest BCUT2D eigenvalue weighted by atomic mass is 10.0. The average molecular weight is 299 g/mol. The predicted molar refractivity (Wildman–Crippen MR) is 77.9 cm³/mol. The Morgan fingerprint density at radius 3 is 2.25 bits per heavy atom. The van der Waals surface area contributed by atoms with Crippen LogP contribution in [0, 0.1) is 5.41 Å². The third kappa shape index (κ3) is 6.16. The lowest BCUT2D eigenvalue weighted by molar-refractivity contribution is -0.138. The zero-order valence-corrected chi connectivity index (χ0v) is 12.8. The molecule has 0 saturated carbocycles. The fraction of sp³-hybridized carbons (Fsp3) is 0.500. The van der Waals surface area contributed by atoms with Crippen LogP contribution in [0.2, 0.25) is 0 Å².